The first-order valence-corrected chi connectivity index (χ1v) is 9.95. The molecule has 0 saturated carbocycles. The summed E-state index contributed by atoms with van der Waals surface area (Å²) in [6.45, 7) is 5.61. The zero-order valence-electron chi connectivity index (χ0n) is 15.6. The highest BCUT2D eigenvalue weighted by Crippen LogP contribution is 2.29. The van der Waals surface area contributed by atoms with E-state index >= 15 is 0 Å². The second kappa shape index (κ2) is 7.96. The van der Waals surface area contributed by atoms with Gasteiger partial charge in [0, 0.05) is 18.7 Å². The van der Waals surface area contributed by atoms with Gasteiger partial charge >= 0.3 is 0 Å². The normalized spacial score (nSPS) is 14.1. The standard InChI is InChI=1S/C19H24ClNO4S/c1-13-9-17(24-4)18(10-14(13)2)26(22,23)21-12-19(3,25-5)15-7-6-8-16(20)11-15/h6-11,21H,12H2,1-5H3/t19-/m1/s1. The van der Waals surface area contributed by atoms with Crippen LogP contribution in [0.1, 0.15) is 23.6 Å². The summed E-state index contributed by atoms with van der Waals surface area (Å²) in [6.07, 6.45) is 0. The maximum Gasteiger partial charge on any atom is 0.244 e. The average Bonchev–Trinajstić information content (AvgIpc) is 2.61. The van der Waals surface area contributed by atoms with Gasteiger partial charge in [0.2, 0.25) is 10.0 Å². The molecule has 0 amide bonds. The third-order valence-corrected chi connectivity index (χ3v) is 6.21. The summed E-state index contributed by atoms with van der Waals surface area (Å²) in [4.78, 5) is 0.104. The van der Waals surface area contributed by atoms with Crippen LogP contribution < -0.4 is 9.46 Å². The van der Waals surface area contributed by atoms with Crippen LogP contribution in [-0.4, -0.2) is 29.2 Å². The molecular formula is C19H24ClNO4S. The molecule has 0 radical (unpaired) electrons. The molecule has 0 aliphatic carbocycles. The SMILES string of the molecule is COc1cc(C)c(C)cc1S(=O)(=O)NC[C@@](C)(OC)c1cccc(Cl)c1. The molecule has 26 heavy (non-hydrogen) atoms. The molecule has 2 aromatic rings. The van der Waals surface area contributed by atoms with Crippen LogP contribution in [0.15, 0.2) is 41.3 Å². The van der Waals surface area contributed by atoms with Crippen molar-refractivity contribution in [2.24, 2.45) is 0 Å². The van der Waals surface area contributed by atoms with Gasteiger partial charge in [0.15, 0.2) is 0 Å². The maximum absolute atomic E-state index is 12.9. The third-order valence-electron chi connectivity index (χ3n) is 4.55. The molecule has 0 aromatic heterocycles. The number of halogens is 1. The van der Waals surface area contributed by atoms with E-state index in [0.717, 1.165) is 16.7 Å². The van der Waals surface area contributed by atoms with Crippen LogP contribution in [-0.2, 0) is 20.4 Å². The molecule has 5 nitrogen and oxygen atoms in total. The van der Waals surface area contributed by atoms with Gasteiger partial charge in [0.1, 0.15) is 16.2 Å². The molecule has 0 aliphatic heterocycles. The Balaban J connectivity index is 2.33. The summed E-state index contributed by atoms with van der Waals surface area (Å²) in [5, 5.41) is 0.560. The lowest BCUT2D eigenvalue weighted by Gasteiger charge is -2.29. The minimum atomic E-state index is -3.79. The highest BCUT2D eigenvalue weighted by molar-refractivity contribution is 7.89. The average molecular weight is 398 g/mol. The van der Waals surface area contributed by atoms with Gasteiger partial charge in [-0.25, -0.2) is 13.1 Å². The minimum absolute atomic E-state index is 0.0439. The molecular weight excluding hydrogens is 374 g/mol. The zero-order chi connectivity index (χ0) is 19.5. The van der Waals surface area contributed by atoms with Crippen LogP contribution >= 0.6 is 11.6 Å². The summed E-state index contributed by atoms with van der Waals surface area (Å²) < 4.78 is 39.2. The number of aryl methyl sites for hydroxylation is 2. The van der Waals surface area contributed by atoms with Gasteiger partial charge in [-0.2, -0.15) is 0 Å². The Labute approximate surface area is 160 Å². The Kier molecular flexibility index (Phi) is 6.34. The van der Waals surface area contributed by atoms with Gasteiger partial charge in [-0.1, -0.05) is 23.7 Å². The van der Waals surface area contributed by atoms with Crippen molar-refractivity contribution in [2.45, 2.75) is 31.3 Å². The van der Waals surface area contributed by atoms with E-state index in [4.69, 9.17) is 21.1 Å². The highest BCUT2D eigenvalue weighted by Gasteiger charge is 2.30. The van der Waals surface area contributed by atoms with Crippen molar-refractivity contribution in [1.82, 2.24) is 4.72 Å². The quantitative estimate of drug-likeness (QED) is 0.771. The maximum atomic E-state index is 12.9. The van der Waals surface area contributed by atoms with Gasteiger partial charge in [-0.15, -0.1) is 0 Å². The smallest absolute Gasteiger partial charge is 0.244 e. The molecule has 2 aromatic carbocycles. The van der Waals surface area contributed by atoms with E-state index in [1.165, 1.54) is 14.2 Å². The fourth-order valence-corrected chi connectivity index (χ4v) is 4.10. The molecule has 0 fully saturated rings. The fourth-order valence-electron chi connectivity index (χ4n) is 2.55. The van der Waals surface area contributed by atoms with Gasteiger partial charge in [0.25, 0.3) is 0 Å². The molecule has 1 atom stereocenters. The summed E-state index contributed by atoms with van der Waals surface area (Å²) >= 11 is 6.05. The first-order valence-electron chi connectivity index (χ1n) is 8.09. The van der Waals surface area contributed by atoms with Crippen molar-refractivity contribution < 1.29 is 17.9 Å². The lowest BCUT2D eigenvalue weighted by atomic mass is 9.96. The van der Waals surface area contributed by atoms with E-state index in [9.17, 15) is 8.42 Å². The minimum Gasteiger partial charge on any atom is -0.495 e. The first kappa shape index (κ1) is 20.7. The predicted molar refractivity (Wildman–Crippen MR) is 103 cm³/mol. The highest BCUT2D eigenvalue weighted by atomic mass is 35.5. The van der Waals surface area contributed by atoms with E-state index in [-0.39, 0.29) is 11.4 Å². The Morgan fingerprint density at radius 1 is 1.12 bits per heavy atom. The van der Waals surface area contributed by atoms with Gasteiger partial charge < -0.3 is 9.47 Å². The molecule has 2 rings (SSSR count). The second-order valence-corrected chi connectivity index (χ2v) is 8.53. The lowest BCUT2D eigenvalue weighted by molar-refractivity contribution is 0.00698. The molecule has 0 spiro atoms. The number of benzene rings is 2. The van der Waals surface area contributed by atoms with E-state index < -0.39 is 15.6 Å². The second-order valence-electron chi connectivity index (χ2n) is 6.36. The third kappa shape index (κ3) is 4.38. The fraction of sp³-hybridized carbons (Fsp3) is 0.368. The van der Waals surface area contributed by atoms with Gasteiger partial charge in [0.05, 0.1) is 7.11 Å². The molecule has 0 heterocycles. The number of hydrogen-bond acceptors (Lipinski definition) is 4. The van der Waals surface area contributed by atoms with Crippen molar-refractivity contribution in [3.05, 3.63) is 58.1 Å². The Morgan fingerprint density at radius 3 is 2.35 bits per heavy atom. The topological polar surface area (TPSA) is 64.6 Å². The van der Waals surface area contributed by atoms with Crippen LogP contribution in [0.4, 0.5) is 0 Å². The van der Waals surface area contributed by atoms with Crippen molar-refractivity contribution >= 4 is 21.6 Å². The number of ether oxygens (including phenoxy) is 2. The molecule has 1 N–H and O–H groups in total. The number of sulfonamides is 1. The summed E-state index contributed by atoms with van der Waals surface area (Å²) in [7, 11) is -0.805. The molecule has 0 saturated heterocycles. The monoisotopic (exact) mass is 397 g/mol. The van der Waals surface area contributed by atoms with Crippen LogP contribution in [0.2, 0.25) is 5.02 Å². The summed E-state index contributed by atoms with van der Waals surface area (Å²) in [5.74, 6) is 0.308. The molecule has 142 valence electrons. The van der Waals surface area contributed by atoms with Crippen LogP contribution in [0, 0.1) is 13.8 Å². The molecule has 0 unspecified atom stereocenters. The van der Waals surface area contributed by atoms with Crippen molar-refractivity contribution in [3.63, 3.8) is 0 Å². The molecule has 7 heteroatoms. The first-order chi connectivity index (χ1) is 12.1. The number of nitrogens with one attached hydrogen (secondary N) is 1. The number of rotatable bonds is 7. The zero-order valence-corrected chi connectivity index (χ0v) is 17.2. The van der Waals surface area contributed by atoms with Crippen LogP contribution in [0.5, 0.6) is 5.75 Å². The van der Waals surface area contributed by atoms with Crippen LogP contribution in [0.3, 0.4) is 0 Å². The lowest BCUT2D eigenvalue weighted by Crippen LogP contribution is -2.40. The van der Waals surface area contributed by atoms with E-state index in [2.05, 4.69) is 4.72 Å². The summed E-state index contributed by atoms with van der Waals surface area (Å²) in [6, 6.07) is 10.5. The van der Waals surface area contributed by atoms with E-state index in [0.29, 0.717) is 10.8 Å². The number of methoxy groups -OCH3 is 2. The molecule has 0 bridgehead atoms. The Bertz CT molecular complexity index is 898. The molecule has 0 aliphatic rings. The van der Waals surface area contributed by atoms with Crippen molar-refractivity contribution in [1.29, 1.82) is 0 Å². The number of hydrogen-bond donors (Lipinski definition) is 1. The van der Waals surface area contributed by atoms with E-state index in [1.807, 2.05) is 19.9 Å². The summed E-state index contributed by atoms with van der Waals surface area (Å²) in [5.41, 5.74) is 1.74. The Hall–Kier alpha value is -1.60. The van der Waals surface area contributed by atoms with Crippen LogP contribution in [0.25, 0.3) is 0 Å². The van der Waals surface area contributed by atoms with Gasteiger partial charge in [-0.05, 0) is 61.7 Å². The predicted octanol–water partition coefficient (Wildman–Crippen LogP) is 3.81. The van der Waals surface area contributed by atoms with Crippen molar-refractivity contribution in [2.75, 3.05) is 20.8 Å². The van der Waals surface area contributed by atoms with Crippen molar-refractivity contribution in [3.8, 4) is 5.75 Å². The van der Waals surface area contributed by atoms with Gasteiger partial charge in [-0.3, -0.25) is 0 Å². The van der Waals surface area contributed by atoms with E-state index in [1.54, 1.807) is 37.3 Å². The Morgan fingerprint density at radius 2 is 1.77 bits per heavy atom. The largest absolute Gasteiger partial charge is 0.495 e.